The second kappa shape index (κ2) is 12.9. The quantitative estimate of drug-likeness (QED) is 0.293. The fraction of sp³-hybridized carbons (Fsp3) is 0.371. The lowest BCUT2D eigenvalue weighted by Crippen LogP contribution is -2.39. The lowest BCUT2D eigenvalue weighted by molar-refractivity contribution is -0.116. The summed E-state index contributed by atoms with van der Waals surface area (Å²) in [6, 6.07) is 22.6. The molecule has 1 saturated carbocycles. The molecular weight excluding hydrogens is 536 g/mol. The molecule has 8 nitrogen and oxygen atoms in total. The van der Waals surface area contributed by atoms with Crippen molar-refractivity contribution in [2.24, 2.45) is 0 Å². The Kier molecular flexibility index (Phi) is 8.65. The van der Waals surface area contributed by atoms with Crippen molar-refractivity contribution in [2.75, 3.05) is 31.1 Å². The molecule has 0 saturated heterocycles. The predicted molar refractivity (Wildman–Crippen MR) is 169 cm³/mol. The van der Waals surface area contributed by atoms with Crippen LogP contribution in [-0.4, -0.2) is 62.6 Å². The lowest BCUT2D eigenvalue weighted by atomic mass is 10.0. The van der Waals surface area contributed by atoms with Gasteiger partial charge in [0.05, 0.1) is 5.69 Å². The minimum absolute atomic E-state index is 0.000227. The number of aryl methyl sites for hydroxylation is 1. The van der Waals surface area contributed by atoms with Gasteiger partial charge in [0.15, 0.2) is 0 Å². The van der Waals surface area contributed by atoms with Gasteiger partial charge in [0.1, 0.15) is 5.69 Å². The van der Waals surface area contributed by atoms with E-state index in [9.17, 15) is 9.59 Å². The Morgan fingerprint density at radius 2 is 1.74 bits per heavy atom. The van der Waals surface area contributed by atoms with Gasteiger partial charge in [0.25, 0.3) is 5.91 Å². The van der Waals surface area contributed by atoms with E-state index >= 15 is 0 Å². The van der Waals surface area contributed by atoms with Gasteiger partial charge in [-0.05, 0) is 72.7 Å². The molecule has 4 aromatic rings. The van der Waals surface area contributed by atoms with Crippen LogP contribution in [-0.2, 0) is 24.4 Å². The Balaban J connectivity index is 1.39. The van der Waals surface area contributed by atoms with E-state index in [1.807, 2.05) is 64.0 Å². The van der Waals surface area contributed by atoms with Crippen molar-refractivity contribution in [3.05, 3.63) is 102 Å². The van der Waals surface area contributed by atoms with Gasteiger partial charge in [-0.1, -0.05) is 42.5 Å². The molecule has 2 aromatic heterocycles. The number of anilines is 1. The molecule has 0 unspecified atom stereocenters. The Labute approximate surface area is 253 Å². The molecule has 2 amide bonds. The summed E-state index contributed by atoms with van der Waals surface area (Å²) in [7, 11) is 0. The number of pyridine rings is 1. The number of benzene rings is 2. The monoisotopic (exact) mass is 576 g/mol. The zero-order valence-electron chi connectivity index (χ0n) is 25.2. The highest BCUT2D eigenvalue weighted by molar-refractivity contribution is 5.94. The zero-order valence-corrected chi connectivity index (χ0v) is 25.2. The van der Waals surface area contributed by atoms with E-state index in [4.69, 9.17) is 5.10 Å². The molecule has 43 heavy (non-hydrogen) atoms. The van der Waals surface area contributed by atoms with Crippen molar-refractivity contribution in [3.63, 3.8) is 0 Å². The van der Waals surface area contributed by atoms with E-state index in [-0.39, 0.29) is 11.8 Å². The molecule has 0 bridgehead atoms. The molecule has 6 rings (SSSR count). The van der Waals surface area contributed by atoms with Crippen LogP contribution in [0.3, 0.4) is 0 Å². The van der Waals surface area contributed by atoms with Gasteiger partial charge in [-0.15, -0.1) is 0 Å². The van der Waals surface area contributed by atoms with Crippen LogP contribution in [0.5, 0.6) is 0 Å². The summed E-state index contributed by atoms with van der Waals surface area (Å²) < 4.78 is 1.86. The molecule has 2 aliphatic rings. The zero-order chi connectivity index (χ0) is 29.8. The fourth-order valence-electron chi connectivity index (χ4n) is 6.01. The Hall–Kier alpha value is -4.30. The largest absolute Gasteiger partial charge is 0.332 e. The average Bonchev–Trinajstić information content (AvgIpc) is 3.80. The van der Waals surface area contributed by atoms with Crippen LogP contribution in [0.4, 0.5) is 5.69 Å². The van der Waals surface area contributed by atoms with Crippen LogP contribution in [0.15, 0.2) is 79.1 Å². The molecule has 1 aliphatic carbocycles. The molecule has 222 valence electrons. The van der Waals surface area contributed by atoms with Gasteiger partial charge in [0.2, 0.25) is 5.91 Å². The summed E-state index contributed by atoms with van der Waals surface area (Å²) in [5.41, 5.74) is 6.72. The maximum Gasteiger partial charge on any atom is 0.272 e. The molecular formula is C35H40N6O2. The first-order valence-electron chi connectivity index (χ1n) is 15.4. The number of fused-ring (bicyclic) bond motifs is 1. The van der Waals surface area contributed by atoms with Crippen LogP contribution >= 0.6 is 0 Å². The number of nitrogens with zero attached hydrogens (tertiary/aromatic N) is 6. The highest BCUT2D eigenvalue weighted by atomic mass is 16.2. The van der Waals surface area contributed by atoms with E-state index in [1.54, 1.807) is 13.1 Å². The molecule has 0 atom stereocenters. The summed E-state index contributed by atoms with van der Waals surface area (Å²) in [4.78, 5) is 38.0. The average molecular weight is 577 g/mol. The molecule has 1 aliphatic heterocycles. The SMILES string of the molecule is CCn1nc(C2CC2)cc1C(=O)N1CCN(Cc2ccccc2)CCCN(C(C)=O)c2ccc(-c3cccnc3)cc2C1. The van der Waals surface area contributed by atoms with E-state index in [1.165, 1.54) is 5.56 Å². The normalized spacial score (nSPS) is 16.4. The third-order valence-electron chi connectivity index (χ3n) is 8.50. The van der Waals surface area contributed by atoms with Gasteiger partial charge in [-0.2, -0.15) is 5.10 Å². The molecule has 0 spiro atoms. The minimum Gasteiger partial charge on any atom is -0.332 e. The van der Waals surface area contributed by atoms with Gasteiger partial charge in [-0.25, -0.2) is 0 Å². The van der Waals surface area contributed by atoms with Gasteiger partial charge in [0, 0.05) is 76.7 Å². The van der Waals surface area contributed by atoms with Crippen LogP contribution in [0.25, 0.3) is 11.1 Å². The van der Waals surface area contributed by atoms with Crippen molar-refractivity contribution in [3.8, 4) is 11.1 Å². The first kappa shape index (κ1) is 28.8. The molecule has 0 radical (unpaired) electrons. The van der Waals surface area contributed by atoms with Crippen molar-refractivity contribution in [1.29, 1.82) is 0 Å². The van der Waals surface area contributed by atoms with E-state index in [0.29, 0.717) is 37.8 Å². The first-order valence-corrected chi connectivity index (χ1v) is 15.4. The van der Waals surface area contributed by atoms with E-state index < -0.39 is 0 Å². The van der Waals surface area contributed by atoms with Crippen LogP contribution in [0.2, 0.25) is 0 Å². The van der Waals surface area contributed by atoms with E-state index in [2.05, 4.69) is 40.2 Å². The van der Waals surface area contributed by atoms with Crippen LogP contribution in [0, 0.1) is 0 Å². The number of hydrogen-bond acceptors (Lipinski definition) is 5. The molecule has 0 N–H and O–H groups in total. The summed E-state index contributed by atoms with van der Waals surface area (Å²) >= 11 is 0. The lowest BCUT2D eigenvalue weighted by Gasteiger charge is -2.28. The number of hydrogen-bond donors (Lipinski definition) is 0. The van der Waals surface area contributed by atoms with Gasteiger partial charge in [-0.3, -0.25) is 24.2 Å². The number of carbonyl (C=O) groups is 2. The summed E-state index contributed by atoms with van der Waals surface area (Å²) in [6.45, 7) is 8.21. The maximum atomic E-state index is 14.4. The standard InChI is InChI=1S/C35H40N6O2/c1-3-41-34(22-32(37-41)28-12-13-28)35(43)39-20-19-38(24-27-9-5-4-6-10-27)17-8-18-40(26(2)42)33-15-14-29(21-31(33)25-39)30-11-7-16-36-23-30/h4-7,9-11,14-16,21-23,28H,3,8,12-13,17-20,24-25H2,1-2H3. The van der Waals surface area contributed by atoms with Crippen molar-refractivity contribution >= 4 is 17.5 Å². The van der Waals surface area contributed by atoms with Crippen molar-refractivity contribution < 1.29 is 9.59 Å². The van der Waals surface area contributed by atoms with Crippen molar-refractivity contribution in [2.45, 2.75) is 58.7 Å². The Bertz CT molecular complexity index is 1560. The topological polar surface area (TPSA) is 74.6 Å². The number of rotatable bonds is 6. The van der Waals surface area contributed by atoms with Crippen molar-refractivity contribution in [1.82, 2.24) is 24.6 Å². The minimum atomic E-state index is -0.0211. The first-order chi connectivity index (χ1) is 21.0. The molecule has 1 fully saturated rings. The Morgan fingerprint density at radius 1 is 0.907 bits per heavy atom. The van der Waals surface area contributed by atoms with E-state index in [0.717, 1.165) is 67.0 Å². The number of amides is 2. The van der Waals surface area contributed by atoms with Gasteiger partial charge >= 0.3 is 0 Å². The number of aromatic nitrogens is 3. The summed E-state index contributed by atoms with van der Waals surface area (Å²) in [5.74, 6) is 0.447. The second-order valence-corrected chi connectivity index (χ2v) is 11.6. The van der Waals surface area contributed by atoms with Gasteiger partial charge < -0.3 is 9.80 Å². The number of carbonyl (C=O) groups excluding carboxylic acids is 2. The maximum absolute atomic E-state index is 14.4. The van der Waals surface area contributed by atoms with Crippen LogP contribution < -0.4 is 4.90 Å². The fourth-order valence-corrected chi connectivity index (χ4v) is 6.01. The smallest absolute Gasteiger partial charge is 0.272 e. The molecule has 3 heterocycles. The van der Waals surface area contributed by atoms with Crippen LogP contribution in [0.1, 0.15) is 66.3 Å². The summed E-state index contributed by atoms with van der Waals surface area (Å²) in [6.07, 6.45) is 6.72. The highest BCUT2D eigenvalue weighted by Crippen LogP contribution is 2.39. The molecule has 8 heteroatoms. The Morgan fingerprint density at radius 3 is 2.47 bits per heavy atom. The molecule has 2 aromatic carbocycles. The third kappa shape index (κ3) is 6.70. The third-order valence-corrected chi connectivity index (χ3v) is 8.50. The highest BCUT2D eigenvalue weighted by Gasteiger charge is 2.30. The summed E-state index contributed by atoms with van der Waals surface area (Å²) in [5, 5.41) is 4.80. The second-order valence-electron chi connectivity index (χ2n) is 11.6. The predicted octanol–water partition coefficient (Wildman–Crippen LogP) is 5.74.